The highest BCUT2D eigenvalue weighted by atomic mass is 16.6. The van der Waals surface area contributed by atoms with Crippen molar-refractivity contribution in [1.29, 1.82) is 0 Å². The molecule has 0 unspecified atom stereocenters. The van der Waals surface area contributed by atoms with Gasteiger partial charge in [-0.25, -0.2) is 0 Å². The predicted molar refractivity (Wildman–Crippen MR) is 238 cm³/mol. The first-order valence-electron chi connectivity index (χ1n) is 25.0. The van der Waals surface area contributed by atoms with Crippen LogP contribution in [0.3, 0.4) is 0 Å². The molecule has 0 aromatic rings. The van der Waals surface area contributed by atoms with Crippen LogP contribution in [0.5, 0.6) is 0 Å². The van der Waals surface area contributed by atoms with E-state index in [1.54, 1.807) is 0 Å². The number of rotatable bonds is 46. The highest BCUT2D eigenvalue weighted by Gasteiger charge is 2.19. The molecule has 0 bridgehead atoms. The van der Waals surface area contributed by atoms with Gasteiger partial charge >= 0.3 is 17.9 Å². The van der Waals surface area contributed by atoms with Gasteiger partial charge in [-0.3, -0.25) is 14.4 Å². The molecular weight excluding hydrogens is 697 g/mol. The van der Waals surface area contributed by atoms with E-state index in [1.165, 1.54) is 186 Å². The quantitative estimate of drug-likeness (QED) is 0.0347. The molecule has 0 aromatic heterocycles. The summed E-state index contributed by atoms with van der Waals surface area (Å²) in [6, 6.07) is 0. The molecule has 6 nitrogen and oxygen atoms in total. The molecule has 0 amide bonds. The minimum Gasteiger partial charge on any atom is -0.462 e. The zero-order valence-corrected chi connectivity index (χ0v) is 37.9. The molecule has 0 saturated carbocycles. The van der Waals surface area contributed by atoms with Gasteiger partial charge in [0.15, 0.2) is 6.10 Å². The second kappa shape index (κ2) is 46.1. The number of carbonyl (C=O) groups is 3. The van der Waals surface area contributed by atoms with E-state index in [4.69, 9.17) is 14.2 Å². The van der Waals surface area contributed by atoms with E-state index in [1.807, 2.05) is 0 Å². The molecule has 6 heteroatoms. The Morgan fingerprint density at radius 3 is 0.714 bits per heavy atom. The number of hydrogen-bond acceptors (Lipinski definition) is 6. The third-order valence-electron chi connectivity index (χ3n) is 11.4. The fraction of sp³-hybridized carbons (Fsp3) is 0.940. The summed E-state index contributed by atoms with van der Waals surface area (Å²) in [7, 11) is 0. The zero-order chi connectivity index (χ0) is 40.8. The monoisotopic (exact) mass is 793 g/mol. The van der Waals surface area contributed by atoms with Crippen molar-refractivity contribution in [3.05, 3.63) is 0 Å². The lowest BCUT2D eigenvalue weighted by Gasteiger charge is -2.18. The highest BCUT2D eigenvalue weighted by Crippen LogP contribution is 2.16. The summed E-state index contributed by atoms with van der Waals surface area (Å²) < 4.78 is 16.7. The molecule has 0 aliphatic carbocycles. The Morgan fingerprint density at radius 1 is 0.286 bits per heavy atom. The van der Waals surface area contributed by atoms with Crippen LogP contribution >= 0.6 is 0 Å². The molecule has 0 aliphatic rings. The van der Waals surface area contributed by atoms with Crippen LogP contribution in [0.2, 0.25) is 0 Å². The van der Waals surface area contributed by atoms with Crippen molar-refractivity contribution in [3.63, 3.8) is 0 Å². The number of hydrogen-bond donors (Lipinski definition) is 0. The van der Waals surface area contributed by atoms with Crippen LogP contribution in [-0.4, -0.2) is 37.2 Å². The summed E-state index contributed by atoms with van der Waals surface area (Å²) in [4.78, 5) is 37.7. The normalized spacial score (nSPS) is 11.8. The number of ether oxygens (including phenoxy) is 3. The Balaban J connectivity index is 4.21. The van der Waals surface area contributed by atoms with E-state index in [0.29, 0.717) is 19.3 Å². The highest BCUT2D eigenvalue weighted by molar-refractivity contribution is 5.71. The number of unbranched alkanes of at least 4 members (excludes halogenated alkanes) is 35. The SMILES string of the molecule is CCCCCCCCCCCCCCCCCCCCCC(=O)O[C@@H](COC(=O)CCCCCCCCCCC)COC(=O)CCCCCCCCCCCC. The van der Waals surface area contributed by atoms with Crippen molar-refractivity contribution in [1.82, 2.24) is 0 Å². The lowest BCUT2D eigenvalue weighted by molar-refractivity contribution is -0.167. The Morgan fingerprint density at radius 2 is 0.482 bits per heavy atom. The van der Waals surface area contributed by atoms with Crippen LogP contribution in [0.4, 0.5) is 0 Å². The minimum atomic E-state index is -0.758. The maximum atomic E-state index is 12.7. The van der Waals surface area contributed by atoms with Gasteiger partial charge in [0.1, 0.15) is 13.2 Å². The largest absolute Gasteiger partial charge is 0.462 e. The van der Waals surface area contributed by atoms with E-state index in [-0.39, 0.29) is 31.1 Å². The summed E-state index contributed by atoms with van der Waals surface area (Å²) in [5, 5.41) is 0. The molecule has 0 radical (unpaired) electrons. The molecule has 0 aromatic carbocycles. The van der Waals surface area contributed by atoms with Crippen LogP contribution < -0.4 is 0 Å². The minimum absolute atomic E-state index is 0.0627. The molecule has 0 spiro atoms. The summed E-state index contributed by atoms with van der Waals surface area (Å²) in [6.07, 6.45) is 48.1. The molecule has 0 N–H and O–H groups in total. The van der Waals surface area contributed by atoms with Crippen LogP contribution in [0.1, 0.15) is 284 Å². The first-order valence-corrected chi connectivity index (χ1v) is 25.0. The topological polar surface area (TPSA) is 78.9 Å². The van der Waals surface area contributed by atoms with E-state index in [9.17, 15) is 14.4 Å². The molecular formula is C50H96O6. The molecule has 1 atom stereocenters. The van der Waals surface area contributed by atoms with Gasteiger partial charge in [0.05, 0.1) is 0 Å². The van der Waals surface area contributed by atoms with Crippen molar-refractivity contribution in [3.8, 4) is 0 Å². The number of esters is 3. The molecule has 0 aliphatic heterocycles. The standard InChI is InChI=1S/C50H96O6/c1-4-7-10-13-16-19-21-22-23-24-25-26-27-28-29-32-35-38-41-44-50(53)56-47(45-54-48(51)42-39-36-33-30-18-15-12-9-6-3)46-55-49(52)43-40-37-34-31-20-17-14-11-8-5-2/h47H,4-46H2,1-3H3/t47-/m0/s1. The van der Waals surface area contributed by atoms with Crippen LogP contribution in [0, 0.1) is 0 Å². The van der Waals surface area contributed by atoms with E-state index >= 15 is 0 Å². The van der Waals surface area contributed by atoms with Gasteiger partial charge < -0.3 is 14.2 Å². The molecule has 0 heterocycles. The third-order valence-corrected chi connectivity index (χ3v) is 11.4. The van der Waals surface area contributed by atoms with E-state index in [2.05, 4.69) is 20.8 Å². The first kappa shape index (κ1) is 54.4. The summed E-state index contributed by atoms with van der Waals surface area (Å²) in [5.41, 5.74) is 0. The maximum absolute atomic E-state index is 12.7. The third kappa shape index (κ3) is 43.5. The molecule has 0 rings (SSSR count). The Labute approximate surface area is 348 Å². The van der Waals surface area contributed by atoms with Crippen molar-refractivity contribution < 1.29 is 28.6 Å². The predicted octanol–water partition coefficient (Wildman–Crippen LogP) is 16.0. The molecule has 332 valence electrons. The summed E-state index contributed by atoms with van der Waals surface area (Å²) in [6.45, 7) is 6.64. The fourth-order valence-corrected chi connectivity index (χ4v) is 7.56. The molecule has 0 saturated heterocycles. The second-order valence-electron chi connectivity index (χ2n) is 17.1. The smallest absolute Gasteiger partial charge is 0.306 e. The van der Waals surface area contributed by atoms with Crippen molar-refractivity contribution in [2.75, 3.05) is 13.2 Å². The second-order valence-corrected chi connectivity index (χ2v) is 17.1. The molecule has 56 heavy (non-hydrogen) atoms. The van der Waals surface area contributed by atoms with Crippen molar-refractivity contribution in [2.45, 2.75) is 290 Å². The van der Waals surface area contributed by atoms with E-state index < -0.39 is 6.10 Å². The van der Waals surface area contributed by atoms with Crippen LogP contribution in [0.25, 0.3) is 0 Å². The fourth-order valence-electron chi connectivity index (χ4n) is 7.56. The van der Waals surface area contributed by atoms with Gasteiger partial charge in [-0.1, -0.05) is 245 Å². The first-order chi connectivity index (χ1) is 27.5. The lowest BCUT2D eigenvalue weighted by atomic mass is 10.0. The average molecular weight is 793 g/mol. The van der Waals surface area contributed by atoms with Gasteiger partial charge in [-0.15, -0.1) is 0 Å². The Hall–Kier alpha value is -1.59. The Bertz CT molecular complexity index is 828. The average Bonchev–Trinajstić information content (AvgIpc) is 3.19. The van der Waals surface area contributed by atoms with Crippen LogP contribution in [0.15, 0.2) is 0 Å². The summed E-state index contributed by atoms with van der Waals surface area (Å²) in [5.74, 6) is -0.849. The number of carbonyl (C=O) groups excluding carboxylic acids is 3. The van der Waals surface area contributed by atoms with Gasteiger partial charge in [0.25, 0.3) is 0 Å². The van der Waals surface area contributed by atoms with Crippen molar-refractivity contribution >= 4 is 17.9 Å². The van der Waals surface area contributed by atoms with Gasteiger partial charge in [-0.05, 0) is 19.3 Å². The van der Waals surface area contributed by atoms with Gasteiger partial charge in [-0.2, -0.15) is 0 Å². The van der Waals surface area contributed by atoms with Gasteiger partial charge in [0, 0.05) is 19.3 Å². The zero-order valence-electron chi connectivity index (χ0n) is 37.9. The maximum Gasteiger partial charge on any atom is 0.306 e. The molecule has 0 fully saturated rings. The summed E-state index contributed by atoms with van der Waals surface area (Å²) >= 11 is 0. The van der Waals surface area contributed by atoms with E-state index in [0.717, 1.165) is 57.8 Å². The lowest BCUT2D eigenvalue weighted by Crippen LogP contribution is -2.30. The Kier molecular flexibility index (Phi) is 44.8. The van der Waals surface area contributed by atoms with Gasteiger partial charge in [0.2, 0.25) is 0 Å². The van der Waals surface area contributed by atoms with Crippen LogP contribution in [-0.2, 0) is 28.6 Å². The van der Waals surface area contributed by atoms with Crippen molar-refractivity contribution in [2.24, 2.45) is 0 Å².